The lowest BCUT2D eigenvalue weighted by Crippen LogP contribution is -2.04. The van der Waals surface area contributed by atoms with Crippen molar-refractivity contribution >= 4 is 17.6 Å². The molecule has 19 heavy (non-hydrogen) atoms. The van der Waals surface area contributed by atoms with Crippen LogP contribution in [0.1, 0.15) is 16.1 Å². The van der Waals surface area contributed by atoms with E-state index in [1.807, 2.05) is 0 Å². The van der Waals surface area contributed by atoms with Crippen LogP contribution in [0.4, 0.5) is 13.2 Å². The van der Waals surface area contributed by atoms with Crippen LogP contribution in [0.2, 0.25) is 5.02 Å². The van der Waals surface area contributed by atoms with Gasteiger partial charge >= 0.3 is 12.1 Å². The largest absolute Gasteiger partial charge is 0.475 e. The third-order valence-electron chi connectivity index (χ3n) is 2.29. The maximum absolute atomic E-state index is 12.4. The average molecular weight is 292 g/mol. The number of carbonyl (C=O) groups is 1. The van der Waals surface area contributed by atoms with E-state index < -0.39 is 23.5 Å². The van der Waals surface area contributed by atoms with E-state index in [9.17, 15) is 18.0 Å². The molecule has 0 bridgehead atoms. The highest BCUT2D eigenvalue weighted by atomic mass is 35.5. The van der Waals surface area contributed by atoms with Gasteiger partial charge in [-0.3, -0.25) is 0 Å². The minimum Gasteiger partial charge on any atom is -0.475 e. The van der Waals surface area contributed by atoms with E-state index in [1.54, 1.807) is 0 Å². The Balaban J connectivity index is 2.43. The minimum absolute atomic E-state index is 0.0520. The summed E-state index contributed by atoms with van der Waals surface area (Å²) in [7, 11) is 0. The van der Waals surface area contributed by atoms with Crippen molar-refractivity contribution in [2.75, 3.05) is 0 Å². The normalized spacial score (nSPS) is 11.6. The maximum Gasteiger partial charge on any atom is 0.416 e. The molecule has 2 rings (SSSR count). The summed E-state index contributed by atoms with van der Waals surface area (Å²) < 4.78 is 41.8. The molecular weight excluding hydrogens is 287 g/mol. The summed E-state index contributed by atoms with van der Waals surface area (Å²) in [5.41, 5.74) is -0.690. The first-order valence-corrected chi connectivity index (χ1v) is 5.24. The van der Waals surface area contributed by atoms with Gasteiger partial charge in [0, 0.05) is 11.6 Å². The lowest BCUT2D eigenvalue weighted by atomic mass is 10.1. The van der Waals surface area contributed by atoms with Crippen LogP contribution in [-0.2, 0) is 6.18 Å². The molecular formula is C11H5ClF3NO3. The summed E-state index contributed by atoms with van der Waals surface area (Å²) in [5.74, 6) is -1.76. The van der Waals surface area contributed by atoms with Gasteiger partial charge in [0.05, 0.1) is 10.6 Å². The smallest absolute Gasteiger partial charge is 0.416 e. The van der Waals surface area contributed by atoms with Crippen molar-refractivity contribution in [3.63, 3.8) is 0 Å². The summed E-state index contributed by atoms with van der Waals surface area (Å²) in [5, 5.41) is 11.9. The number of carboxylic acid groups (broad SMARTS) is 1. The number of aromatic carboxylic acids is 1. The number of aromatic nitrogens is 1. The predicted octanol–water partition coefficient (Wildman–Crippen LogP) is 3.71. The lowest BCUT2D eigenvalue weighted by Gasteiger charge is -2.08. The van der Waals surface area contributed by atoms with Gasteiger partial charge in [-0.05, 0) is 12.1 Å². The summed E-state index contributed by atoms with van der Waals surface area (Å²) in [4.78, 5) is 10.6. The van der Waals surface area contributed by atoms with Gasteiger partial charge in [-0.2, -0.15) is 13.2 Å². The number of rotatable bonds is 2. The molecule has 0 amide bonds. The topological polar surface area (TPSA) is 63.3 Å². The number of nitrogens with zero attached hydrogens (tertiary/aromatic N) is 1. The Labute approximate surface area is 109 Å². The molecule has 0 radical (unpaired) electrons. The Morgan fingerprint density at radius 2 is 2.00 bits per heavy atom. The molecule has 1 heterocycles. The van der Waals surface area contributed by atoms with Crippen molar-refractivity contribution in [3.8, 4) is 11.3 Å². The lowest BCUT2D eigenvalue weighted by molar-refractivity contribution is -0.137. The molecule has 0 atom stereocenters. The number of benzene rings is 1. The summed E-state index contributed by atoms with van der Waals surface area (Å²) in [6.45, 7) is 0. The molecule has 1 N–H and O–H groups in total. The Bertz CT molecular complexity index is 636. The van der Waals surface area contributed by atoms with Crippen LogP contribution >= 0.6 is 11.6 Å². The number of hydrogen-bond acceptors (Lipinski definition) is 3. The Kier molecular flexibility index (Phi) is 3.23. The first kappa shape index (κ1) is 13.4. The van der Waals surface area contributed by atoms with Crippen LogP contribution in [0.25, 0.3) is 11.3 Å². The van der Waals surface area contributed by atoms with Crippen molar-refractivity contribution in [1.82, 2.24) is 5.16 Å². The third kappa shape index (κ3) is 2.70. The monoisotopic (exact) mass is 291 g/mol. The van der Waals surface area contributed by atoms with E-state index in [0.717, 1.165) is 24.3 Å². The Hall–Kier alpha value is -2.02. The molecule has 1 aromatic carbocycles. The second-order valence-electron chi connectivity index (χ2n) is 3.57. The van der Waals surface area contributed by atoms with Crippen LogP contribution in [-0.4, -0.2) is 16.2 Å². The van der Waals surface area contributed by atoms with Gasteiger partial charge in [-0.1, -0.05) is 22.8 Å². The van der Waals surface area contributed by atoms with Gasteiger partial charge < -0.3 is 9.63 Å². The molecule has 1 aromatic heterocycles. The van der Waals surface area contributed by atoms with E-state index in [-0.39, 0.29) is 16.3 Å². The molecule has 0 aliphatic rings. The van der Waals surface area contributed by atoms with Crippen LogP contribution in [0.3, 0.4) is 0 Å². The zero-order chi connectivity index (χ0) is 14.2. The summed E-state index contributed by atoms with van der Waals surface area (Å²) in [6.07, 6.45) is -4.50. The number of halogens is 4. The van der Waals surface area contributed by atoms with Crippen LogP contribution < -0.4 is 0 Å². The van der Waals surface area contributed by atoms with E-state index in [2.05, 4.69) is 9.68 Å². The van der Waals surface area contributed by atoms with Crippen molar-refractivity contribution in [2.45, 2.75) is 6.18 Å². The first-order valence-electron chi connectivity index (χ1n) is 4.86. The number of carboxylic acids is 1. The Morgan fingerprint density at radius 1 is 1.32 bits per heavy atom. The minimum atomic E-state index is -4.50. The van der Waals surface area contributed by atoms with E-state index in [1.165, 1.54) is 0 Å². The van der Waals surface area contributed by atoms with Crippen LogP contribution in [0, 0.1) is 0 Å². The molecule has 0 saturated heterocycles. The fraction of sp³-hybridized carbons (Fsp3) is 0.0909. The van der Waals surface area contributed by atoms with E-state index in [0.29, 0.717) is 0 Å². The van der Waals surface area contributed by atoms with Gasteiger partial charge in [-0.15, -0.1) is 0 Å². The quantitative estimate of drug-likeness (QED) is 0.916. The second kappa shape index (κ2) is 4.58. The highest BCUT2D eigenvalue weighted by molar-refractivity contribution is 6.33. The second-order valence-corrected chi connectivity index (χ2v) is 3.98. The number of alkyl halides is 3. The number of hydrogen-bond donors (Lipinski definition) is 1. The molecule has 0 aliphatic carbocycles. The van der Waals surface area contributed by atoms with Gasteiger partial charge in [0.25, 0.3) is 0 Å². The molecule has 100 valence electrons. The van der Waals surface area contributed by atoms with Crippen molar-refractivity contribution in [1.29, 1.82) is 0 Å². The van der Waals surface area contributed by atoms with Gasteiger partial charge in [0.15, 0.2) is 0 Å². The summed E-state index contributed by atoms with van der Waals surface area (Å²) in [6, 6.07) is 3.76. The SMILES string of the molecule is O=C(O)c1cc(-c2ccc(C(F)(F)F)cc2Cl)no1. The van der Waals surface area contributed by atoms with Gasteiger partial charge in [-0.25, -0.2) is 4.79 Å². The molecule has 0 aliphatic heterocycles. The van der Waals surface area contributed by atoms with Crippen LogP contribution in [0.15, 0.2) is 28.8 Å². The molecule has 0 fully saturated rings. The molecule has 8 heteroatoms. The highest BCUT2D eigenvalue weighted by Crippen LogP contribution is 2.35. The van der Waals surface area contributed by atoms with Gasteiger partial charge in [0.1, 0.15) is 5.69 Å². The van der Waals surface area contributed by atoms with Gasteiger partial charge in [0.2, 0.25) is 5.76 Å². The van der Waals surface area contributed by atoms with E-state index >= 15 is 0 Å². The molecule has 0 saturated carbocycles. The zero-order valence-electron chi connectivity index (χ0n) is 9.03. The highest BCUT2D eigenvalue weighted by Gasteiger charge is 2.31. The molecule has 2 aromatic rings. The maximum atomic E-state index is 12.4. The van der Waals surface area contributed by atoms with Crippen molar-refractivity contribution in [3.05, 3.63) is 40.6 Å². The van der Waals surface area contributed by atoms with Crippen molar-refractivity contribution in [2.24, 2.45) is 0 Å². The predicted molar refractivity (Wildman–Crippen MR) is 58.9 cm³/mol. The fourth-order valence-electron chi connectivity index (χ4n) is 1.40. The van der Waals surface area contributed by atoms with Crippen molar-refractivity contribution < 1.29 is 27.6 Å². The average Bonchev–Trinajstić information content (AvgIpc) is 2.76. The fourth-order valence-corrected chi connectivity index (χ4v) is 1.68. The summed E-state index contributed by atoms with van der Waals surface area (Å²) >= 11 is 5.73. The molecule has 0 unspecified atom stereocenters. The van der Waals surface area contributed by atoms with E-state index in [4.69, 9.17) is 16.7 Å². The standard InChI is InChI=1S/C11H5ClF3NO3/c12-7-3-5(11(13,14)15)1-2-6(7)8-4-9(10(17)18)19-16-8/h1-4H,(H,17,18). The molecule has 0 spiro atoms. The third-order valence-corrected chi connectivity index (χ3v) is 2.61. The van der Waals surface area contributed by atoms with Crippen LogP contribution in [0.5, 0.6) is 0 Å². The molecule has 4 nitrogen and oxygen atoms in total. The Morgan fingerprint density at radius 3 is 2.47 bits per heavy atom. The zero-order valence-corrected chi connectivity index (χ0v) is 9.79. The first-order chi connectivity index (χ1) is 8.79.